The Hall–Kier alpha value is -1.86. The Bertz CT molecular complexity index is 533. The molecule has 1 saturated carbocycles. The third-order valence-corrected chi connectivity index (χ3v) is 4.16. The van der Waals surface area contributed by atoms with Crippen LogP contribution in [0.3, 0.4) is 0 Å². The molecule has 1 aliphatic carbocycles. The van der Waals surface area contributed by atoms with Crippen LogP contribution in [0, 0.1) is 17.3 Å². The van der Waals surface area contributed by atoms with E-state index < -0.39 is 0 Å². The van der Waals surface area contributed by atoms with Gasteiger partial charge in [-0.1, -0.05) is 25.2 Å². The van der Waals surface area contributed by atoms with Gasteiger partial charge in [0.1, 0.15) is 6.61 Å². The van der Waals surface area contributed by atoms with Crippen LogP contribution in [0.15, 0.2) is 18.5 Å². The summed E-state index contributed by atoms with van der Waals surface area (Å²) in [5.74, 6) is 5.19. The van der Waals surface area contributed by atoms with Crippen LogP contribution in [0.5, 0.6) is 0 Å². The number of aliphatic hydroxyl groups is 1. The molecule has 1 fully saturated rings. The summed E-state index contributed by atoms with van der Waals surface area (Å²) in [5.41, 5.74) is 1.37. The molecule has 2 rings (SSSR count). The second-order valence-corrected chi connectivity index (χ2v) is 5.27. The number of nitrogens with zero attached hydrogens (tertiary/aromatic N) is 1. The maximum Gasteiger partial charge on any atom is 0.252 e. The Morgan fingerprint density at radius 3 is 2.95 bits per heavy atom. The molecule has 0 aliphatic heterocycles. The summed E-state index contributed by atoms with van der Waals surface area (Å²) in [6.45, 7) is 2.67. The van der Waals surface area contributed by atoms with Crippen molar-refractivity contribution in [3.05, 3.63) is 29.6 Å². The van der Waals surface area contributed by atoms with Crippen LogP contribution in [0.25, 0.3) is 0 Å². The largest absolute Gasteiger partial charge is 0.384 e. The summed E-state index contributed by atoms with van der Waals surface area (Å²) >= 11 is 0. The Morgan fingerprint density at radius 1 is 1.55 bits per heavy atom. The third kappa shape index (κ3) is 3.17. The van der Waals surface area contributed by atoms with Gasteiger partial charge in [-0.3, -0.25) is 9.78 Å². The van der Waals surface area contributed by atoms with E-state index in [1.54, 1.807) is 18.5 Å². The molecule has 4 nitrogen and oxygen atoms in total. The van der Waals surface area contributed by atoms with Gasteiger partial charge >= 0.3 is 0 Å². The summed E-state index contributed by atoms with van der Waals surface area (Å²) in [6, 6.07) is 1.66. The van der Waals surface area contributed by atoms with Crippen LogP contribution < -0.4 is 5.32 Å². The van der Waals surface area contributed by atoms with E-state index in [1.165, 1.54) is 19.3 Å². The lowest BCUT2D eigenvalue weighted by Gasteiger charge is -2.41. The summed E-state index contributed by atoms with van der Waals surface area (Å²) in [5, 5.41) is 11.8. The van der Waals surface area contributed by atoms with Gasteiger partial charge < -0.3 is 10.4 Å². The van der Waals surface area contributed by atoms with Crippen molar-refractivity contribution in [3.63, 3.8) is 0 Å². The van der Waals surface area contributed by atoms with E-state index in [0.29, 0.717) is 16.5 Å². The lowest BCUT2D eigenvalue weighted by molar-refractivity contribution is 0.0849. The van der Waals surface area contributed by atoms with Crippen molar-refractivity contribution in [2.45, 2.75) is 32.6 Å². The Morgan fingerprint density at radius 2 is 2.35 bits per heavy atom. The predicted molar refractivity (Wildman–Crippen MR) is 77.1 cm³/mol. The van der Waals surface area contributed by atoms with Crippen molar-refractivity contribution in [2.75, 3.05) is 13.2 Å². The molecule has 106 valence electrons. The number of carbonyl (C=O) groups is 1. The molecule has 0 atom stereocenters. The number of hydrogen-bond acceptors (Lipinski definition) is 3. The molecular weight excluding hydrogens is 252 g/mol. The predicted octanol–water partition coefficient (Wildman–Crippen LogP) is 1.74. The maximum absolute atomic E-state index is 12.3. The highest BCUT2D eigenvalue weighted by Gasteiger charge is 2.35. The molecule has 0 radical (unpaired) electrons. The average Bonchev–Trinajstić information content (AvgIpc) is 2.44. The minimum Gasteiger partial charge on any atom is -0.384 e. The summed E-state index contributed by atoms with van der Waals surface area (Å²) in [7, 11) is 0. The first-order valence-corrected chi connectivity index (χ1v) is 7.03. The second-order valence-electron chi connectivity index (χ2n) is 5.27. The smallest absolute Gasteiger partial charge is 0.252 e. The number of nitrogens with one attached hydrogen (secondary N) is 1. The number of aromatic nitrogens is 1. The van der Waals surface area contributed by atoms with E-state index >= 15 is 0 Å². The molecule has 0 aromatic carbocycles. The minimum atomic E-state index is -0.227. The Balaban J connectivity index is 2.05. The first-order valence-electron chi connectivity index (χ1n) is 7.03. The lowest BCUT2D eigenvalue weighted by Crippen LogP contribution is -2.41. The van der Waals surface area contributed by atoms with Crippen molar-refractivity contribution < 1.29 is 9.90 Å². The quantitative estimate of drug-likeness (QED) is 0.821. The molecule has 1 heterocycles. The second kappa shape index (κ2) is 6.53. The molecule has 0 saturated heterocycles. The standard InChI is InChI=1S/C16H20N2O2/c1-2-16(7-4-8-16)12-18-15(20)14-6-9-17-11-13(14)5-3-10-19/h6,9,11,19H,2,4,7-8,10,12H2,1H3,(H,18,20). The lowest BCUT2D eigenvalue weighted by atomic mass is 9.67. The SMILES string of the molecule is CCC1(CNC(=O)c2ccncc2C#CCO)CCC1. The van der Waals surface area contributed by atoms with Gasteiger partial charge in [-0.25, -0.2) is 0 Å². The van der Waals surface area contributed by atoms with Gasteiger partial charge in [-0.05, 0) is 30.7 Å². The van der Waals surface area contributed by atoms with Crippen molar-refractivity contribution in [3.8, 4) is 11.8 Å². The highest BCUT2D eigenvalue weighted by Crippen LogP contribution is 2.43. The minimum absolute atomic E-state index is 0.116. The zero-order chi connectivity index (χ0) is 14.4. The molecule has 1 amide bonds. The number of carbonyl (C=O) groups excluding carboxylic acids is 1. The molecular formula is C16H20N2O2. The first-order chi connectivity index (χ1) is 9.71. The third-order valence-electron chi connectivity index (χ3n) is 4.16. The molecule has 2 N–H and O–H groups in total. The average molecular weight is 272 g/mol. The molecule has 0 spiro atoms. The fraction of sp³-hybridized carbons (Fsp3) is 0.500. The molecule has 4 heteroatoms. The molecule has 1 aliphatic rings. The topological polar surface area (TPSA) is 62.2 Å². The van der Waals surface area contributed by atoms with Gasteiger partial charge in [0.15, 0.2) is 0 Å². The number of aliphatic hydroxyl groups excluding tert-OH is 1. The van der Waals surface area contributed by atoms with Crippen LogP contribution in [-0.2, 0) is 0 Å². The van der Waals surface area contributed by atoms with E-state index in [4.69, 9.17) is 5.11 Å². The van der Waals surface area contributed by atoms with Gasteiger partial charge in [0.25, 0.3) is 5.91 Å². The van der Waals surface area contributed by atoms with Gasteiger partial charge in [0.2, 0.25) is 0 Å². The summed E-state index contributed by atoms with van der Waals surface area (Å²) < 4.78 is 0. The Labute approximate surface area is 119 Å². The first kappa shape index (κ1) is 14.5. The van der Waals surface area contributed by atoms with Crippen LogP contribution in [0.2, 0.25) is 0 Å². The van der Waals surface area contributed by atoms with Crippen LogP contribution in [-0.4, -0.2) is 29.1 Å². The van der Waals surface area contributed by atoms with Crippen molar-refractivity contribution in [1.82, 2.24) is 10.3 Å². The number of pyridine rings is 1. The zero-order valence-corrected chi connectivity index (χ0v) is 11.8. The Kier molecular flexibility index (Phi) is 4.75. The molecule has 1 aromatic heterocycles. The highest BCUT2D eigenvalue weighted by molar-refractivity contribution is 5.96. The molecule has 20 heavy (non-hydrogen) atoms. The van der Waals surface area contributed by atoms with Gasteiger partial charge in [-0.15, -0.1) is 0 Å². The van der Waals surface area contributed by atoms with Crippen LogP contribution in [0.4, 0.5) is 0 Å². The highest BCUT2D eigenvalue weighted by atomic mass is 16.2. The van der Waals surface area contributed by atoms with Crippen LogP contribution in [0.1, 0.15) is 48.5 Å². The van der Waals surface area contributed by atoms with Crippen molar-refractivity contribution in [2.24, 2.45) is 5.41 Å². The number of amides is 1. The zero-order valence-electron chi connectivity index (χ0n) is 11.8. The molecule has 0 bridgehead atoms. The fourth-order valence-electron chi connectivity index (χ4n) is 2.52. The van der Waals surface area contributed by atoms with Gasteiger partial charge in [-0.2, -0.15) is 0 Å². The molecule has 0 unspecified atom stereocenters. The van der Waals surface area contributed by atoms with E-state index in [1.807, 2.05) is 0 Å². The van der Waals surface area contributed by atoms with E-state index in [9.17, 15) is 4.79 Å². The summed E-state index contributed by atoms with van der Waals surface area (Å²) in [4.78, 5) is 16.2. The van der Waals surface area contributed by atoms with Gasteiger partial charge in [0.05, 0.1) is 11.1 Å². The monoisotopic (exact) mass is 272 g/mol. The van der Waals surface area contributed by atoms with Gasteiger partial charge in [0, 0.05) is 18.9 Å². The van der Waals surface area contributed by atoms with E-state index in [2.05, 4.69) is 29.1 Å². The van der Waals surface area contributed by atoms with E-state index in [0.717, 1.165) is 13.0 Å². The normalized spacial score (nSPS) is 15.7. The van der Waals surface area contributed by atoms with Crippen molar-refractivity contribution in [1.29, 1.82) is 0 Å². The van der Waals surface area contributed by atoms with Crippen LogP contribution >= 0.6 is 0 Å². The number of rotatable bonds is 4. The van der Waals surface area contributed by atoms with E-state index in [-0.39, 0.29) is 12.5 Å². The molecule has 1 aromatic rings. The fourth-order valence-corrected chi connectivity index (χ4v) is 2.52. The summed E-state index contributed by atoms with van der Waals surface area (Å²) in [6.07, 6.45) is 7.87. The van der Waals surface area contributed by atoms with Crippen molar-refractivity contribution >= 4 is 5.91 Å². The number of hydrogen-bond donors (Lipinski definition) is 2. The maximum atomic E-state index is 12.3.